The number of esters is 1. The van der Waals surface area contributed by atoms with Crippen LogP contribution in [0.5, 0.6) is 5.88 Å². The van der Waals surface area contributed by atoms with E-state index in [1.165, 1.54) is 17.5 Å². The number of methoxy groups -OCH3 is 1. The zero-order chi connectivity index (χ0) is 36.5. The lowest BCUT2D eigenvalue weighted by Crippen LogP contribution is -2.44. The Morgan fingerprint density at radius 3 is 2.60 bits per heavy atom. The van der Waals surface area contributed by atoms with E-state index in [-0.39, 0.29) is 53.0 Å². The van der Waals surface area contributed by atoms with Crippen LogP contribution in [0.15, 0.2) is 14.5 Å². The summed E-state index contributed by atoms with van der Waals surface area (Å²) in [5.74, 6) is -1.33. The maximum Gasteiger partial charge on any atom is 0.306 e. The Morgan fingerprint density at radius 2 is 1.92 bits per heavy atom. The normalized spacial score (nSPS) is 18.8. The van der Waals surface area contributed by atoms with Crippen molar-refractivity contribution >= 4 is 60.5 Å². The molecule has 4 rings (SSSR count). The van der Waals surface area contributed by atoms with Gasteiger partial charge in [-0.1, -0.05) is 6.92 Å². The molecule has 50 heavy (non-hydrogen) atoms. The fourth-order valence-electron chi connectivity index (χ4n) is 5.30. The summed E-state index contributed by atoms with van der Waals surface area (Å²) >= 11 is 1.66. The number of ketones is 1. The Kier molecular flexibility index (Phi) is 14.5. The number of nitrogens with one attached hydrogen (secondary N) is 2. The van der Waals surface area contributed by atoms with E-state index in [0.29, 0.717) is 74.5 Å². The molecule has 2 aromatic rings. The van der Waals surface area contributed by atoms with Gasteiger partial charge in [0.2, 0.25) is 5.82 Å². The first kappa shape index (κ1) is 40.5. The van der Waals surface area contributed by atoms with Crippen molar-refractivity contribution in [1.82, 2.24) is 23.7 Å². The summed E-state index contributed by atoms with van der Waals surface area (Å²) in [6.45, 7) is 11.7. The molecule has 0 spiro atoms. The zero-order valence-electron chi connectivity index (χ0n) is 29.1. The first-order valence-electron chi connectivity index (χ1n) is 16.5. The van der Waals surface area contributed by atoms with E-state index in [9.17, 15) is 26.4 Å². The maximum atomic E-state index is 13.4. The van der Waals surface area contributed by atoms with Gasteiger partial charge in [0.25, 0.3) is 15.9 Å². The van der Waals surface area contributed by atoms with Gasteiger partial charge in [-0.05, 0) is 39.8 Å². The molecule has 2 aliphatic heterocycles. The number of sulfone groups is 1. The summed E-state index contributed by atoms with van der Waals surface area (Å²) < 4.78 is 85.3. The van der Waals surface area contributed by atoms with Crippen molar-refractivity contribution in [3.05, 3.63) is 11.6 Å². The Balaban J connectivity index is 1.36. The summed E-state index contributed by atoms with van der Waals surface area (Å²) in [7, 11) is -6.60. The molecule has 2 aromatic heterocycles. The number of Topliss-reactive ketones (excluding diaryl/α,β-unsaturated/α-hetero) is 1. The molecule has 0 aliphatic carbocycles. The Bertz CT molecular complexity index is 1650. The predicted molar refractivity (Wildman–Crippen MR) is 188 cm³/mol. The van der Waals surface area contributed by atoms with Crippen LogP contribution in [0.3, 0.4) is 0 Å². The van der Waals surface area contributed by atoms with Gasteiger partial charge in [-0.15, -0.1) is 15.7 Å². The van der Waals surface area contributed by atoms with Gasteiger partial charge >= 0.3 is 5.97 Å². The predicted octanol–water partition coefficient (Wildman–Crippen LogP) is 1.63. The standard InChI is InChI=1S/C30H48N6O10S4/c1-6-31-24-18-36(10-7-13-43-5)50(41,42)29-23(24)16-26(47-29)49(39,40)20-21(37)8-9-25(38)46-22(17-32-30(2,3)4)19-45-28-27(33-48-34-28)35-11-14-44-15-12-35/h16,22,24,31-32H,6-15,17-20H2,1-5H3/t22-,24-/m0/s1. The molecule has 2 atom stereocenters. The highest BCUT2D eigenvalue weighted by molar-refractivity contribution is 7.95. The van der Waals surface area contributed by atoms with E-state index in [0.717, 1.165) is 11.7 Å². The number of hydrogen-bond acceptors (Lipinski definition) is 17. The van der Waals surface area contributed by atoms with Crippen molar-refractivity contribution in [2.24, 2.45) is 0 Å². The number of aromatic nitrogens is 2. The van der Waals surface area contributed by atoms with Gasteiger partial charge in [0, 0.05) is 70.0 Å². The number of fused-ring (bicyclic) bond motifs is 1. The van der Waals surface area contributed by atoms with E-state index < -0.39 is 49.5 Å². The van der Waals surface area contributed by atoms with Gasteiger partial charge in [0.1, 0.15) is 32.7 Å². The minimum absolute atomic E-state index is 0.0243. The first-order valence-corrected chi connectivity index (χ1v) is 21.1. The third-order valence-corrected chi connectivity index (χ3v) is 14.1. The number of sulfonamides is 1. The first-order chi connectivity index (χ1) is 23.6. The summed E-state index contributed by atoms with van der Waals surface area (Å²) in [5.41, 5.74) is 0.0860. The average molecular weight is 781 g/mol. The molecule has 0 unspecified atom stereocenters. The minimum atomic E-state index is -4.19. The molecular formula is C30H48N6O10S4. The minimum Gasteiger partial charge on any atom is -0.470 e. The summed E-state index contributed by atoms with van der Waals surface area (Å²) in [6, 6.07) is 0.942. The fourth-order valence-corrected chi connectivity index (χ4v) is 11.1. The van der Waals surface area contributed by atoms with E-state index in [4.69, 9.17) is 18.9 Å². The molecule has 282 valence electrons. The topological polar surface area (TPSA) is 196 Å². The molecular weight excluding hydrogens is 733 g/mol. The number of morpholine rings is 1. The second-order valence-corrected chi connectivity index (χ2v) is 18.9. The lowest BCUT2D eigenvalue weighted by molar-refractivity contribution is -0.151. The van der Waals surface area contributed by atoms with Crippen molar-refractivity contribution in [3.63, 3.8) is 0 Å². The number of anilines is 1. The highest BCUT2D eigenvalue weighted by Crippen LogP contribution is 2.40. The fraction of sp³-hybridized carbons (Fsp3) is 0.733. The molecule has 2 N–H and O–H groups in total. The van der Waals surface area contributed by atoms with Crippen LogP contribution in [0, 0.1) is 0 Å². The highest BCUT2D eigenvalue weighted by Gasteiger charge is 2.40. The third-order valence-electron chi connectivity index (χ3n) is 7.83. The monoisotopic (exact) mass is 780 g/mol. The lowest BCUT2D eigenvalue weighted by atomic mass is 10.1. The van der Waals surface area contributed by atoms with Crippen LogP contribution in [0.25, 0.3) is 0 Å². The van der Waals surface area contributed by atoms with Crippen LogP contribution in [0.2, 0.25) is 0 Å². The van der Waals surface area contributed by atoms with E-state index >= 15 is 0 Å². The molecule has 0 saturated carbocycles. The molecule has 16 nitrogen and oxygen atoms in total. The second-order valence-electron chi connectivity index (χ2n) is 13.0. The van der Waals surface area contributed by atoms with Crippen molar-refractivity contribution < 1.29 is 45.4 Å². The van der Waals surface area contributed by atoms with Crippen LogP contribution in [0.1, 0.15) is 58.6 Å². The van der Waals surface area contributed by atoms with Crippen LogP contribution in [-0.4, -0.2) is 132 Å². The van der Waals surface area contributed by atoms with Gasteiger partial charge in [-0.2, -0.15) is 8.68 Å². The highest BCUT2D eigenvalue weighted by atomic mass is 32.3. The quantitative estimate of drug-likeness (QED) is 0.154. The SMILES string of the molecule is CCN[C@H]1CN(CCCOC)S(=O)(=O)c2sc(S(=O)(=O)CC(=O)CCC(=O)O[C@@H](CNC(C)(C)C)COc3nsnc3N3CCOCC3)cc21. The van der Waals surface area contributed by atoms with Crippen LogP contribution < -0.4 is 20.3 Å². The van der Waals surface area contributed by atoms with Gasteiger partial charge in [0.05, 0.1) is 31.4 Å². The molecule has 1 fully saturated rings. The van der Waals surface area contributed by atoms with Crippen LogP contribution in [-0.2, 0) is 43.7 Å². The van der Waals surface area contributed by atoms with Gasteiger partial charge in [0.15, 0.2) is 9.84 Å². The van der Waals surface area contributed by atoms with Crippen molar-refractivity contribution in [3.8, 4) is 5.88 Å². The van der Waals surface area contributed by atoms with Gasteiger partial charge < -0.3 is 34.5 Å². The summed E-state index contributed by atoms with van der Waals surface area (Å²) in [5, 5.41) is 6.52. The number of hydrogen-bond donors (Lipinski definition) is 2. The molecule has 20 heteroatoms. The number of thiophene rings is 1. The number of ether oxygens (including phenoxy) is 4. The number of rotatable bonds is 19. The number of carbonyl (C=O) groups is 2. The average Bonchev–Trinajstić information content (AvgIpc) is 3.73. The van der Waals surface area contributed by atoms with Crippen LogP contribution in [0.4, 0.5) is 5.82 Å². The third kappa shape index (κ3) is 11.1. The molecule has 2 aliphatic rings. The van der Waals surface area contributed by atoms with Crippen molar-refractivity contribution in [2.45, 2.75) is 73.1 Å². The molecule has 0 bridgehead atoms. The van der Waals surface area contributed by atoms with Crippen molar-refractivity contribution in [1.29, 1.82) is 0 Å². The van der Waals surface area contributed by atoms with E-state index in [1.54, 1.807) is 0 Å². The zero-order valence-corrected chi connectivity index (χ0v) is 32.4. The Morgan fingerprint density at radius 1 is 1.18 bits per heavy atom. The van der Waals surface area contributed by atoms with Crippen molar-refractivity contribution in [2.75, 3.05) is 83.5 Å². The Labute approximate surface area is 302 Å². The molecule has 0 radical (unpaired) electrons. The largest absolute Gasteiger partial charge is 0.470 e. The van der Waals surface area contributed by atoms with Gasteiger partial charge in [-0.3, -0.25) is 9.59 Å². The van der Waals surface area contributed by atoms with Gasteiger partial charge in [-0.25, -0.2) is 16.8 Å². The van der Waals surface area contributed by atoms with E-state index in [1.807, 2.05) is 32.6 Å². The molecule has 4 heterocycles. The summed E-state index contributed by atoms with van der Waals surface area (Å²) in [6.07, 6.45) is -0.965. The van der Waals surface area contributed by atoms with E-state index in [2.05, 4.69) is 19.4 Å². The smallest absolute Gasteiger partial charge is 0.306 e. The molecule has 1 saturated heterocycles. The lowest BCUT2D eigenvalue weighted by Gasteiger charge is -2.32. The molecule has 0 aromatic carbocycles. The number of nitrogens with zero attached hydrogens (tertiary/aromatic N) is 4. The number of carbonyl (C=O) groups excluding carboxylic acids is 2. The molecule has 0 amide bonds. The summed E-state index contributed by atoms with van der Waals surface area (Å²) in [4.78, 5) is 27.8. The number of likely N-dealkylation sites (N-methyl/N-ethyl adjacent to an activating group) is 1. The van der Waals surface area contributed by atoms with Crippen LogP contribution >= 0.6 is 23.1 Å². The second kappa shape index (κ2) is 18.0. The Hall–Kier alpha value is -2.30. The maximum absolute atomic E-state index is 13.4.